The summed E-state index contributed by atoms with van der Waals surface area (Å²) in [5.41, 5.74) is 3.12. The fourth-order valence-electron chi connectivity index (χ4n) is 3.39. The average Bonchev–Trinajstić information content (AvgIpc) is 2.65. The van der Waals surface area contributed by atoms with Crippen LogP contribution in [0.2, 0.25) is 0 Å². The van der Waals surface area contributed by atoms with Gasteiger partial charge in [-0.3, -0.25) is 4.79 Å². The molecule has 0 bridgehead atoms. The maximum Gasteiger partial charge on any atom is 0.179 e. The van der Waals surface area contributed by atoms with Gasteiger partial charge in [0.15, 0.2) is 5.78 Å². The van der Waals surface area contributed by atoms with Gasteiger partial charge in [-0.15, -0.1) is 11.6 Å². The zero-order valence-corrected chi connectivity index (χ0v) is 12.8. The summed E-state index contributed by atoms with van der Waals surface area (Å²) >= 11 is 5.69. The lowest BCUT2D eigenvalue weighted by molar-refractivity contribution is 0.102. The standard InChI is InChI=1S/C16H24ClNO/c1-12-10-15(16(19)11-17)13(2)18(12)14-8-6-4-3-5-7-9-14/h10,14H,3-9,11H2,1-2H3. The van der Waals surface area contributed by atoms with E-state index in [4.69, 9.17) is 11.6 Å². The molecule has 1 aromatic rings. The number of hydrogen-bond donors (Lipinski definition) is 0. The van der Waals surface area contributed by atoms with Gasteiger partial charge in [-0.25, -0.2) is 0 Å². The second-order valence-corrected chi connectivity index (χ2v) is 5.98. The molecule has 0 N–H and O–H groups in total. The number of Topliss-reactive ketones (excluding diaryl/α,β-unsaturated/α-hetero) is 1. The van der Waals surface area contributed by atoms with Crippen LogP contribution in [0.1, 0.15) is 72.7 Å². The van der Waals surface area contributed by atoms with Gasteiger partial charge >= 0.3 is 0 Å². The van der Waals surface area contributed by atoms with Crippen molar-refractivity contribution in [2.75, 3.05) is 5.88 Å². The van der Waals surface area contributed by atoms with Crippen molar-refractivity contribution in [3.8, 4) is 0 Å². The highest BCUT2D eigenvalue weighted by Crippen LogP contribution is 2.30. The van der Waals surface area contributed by atoms with Gasteiger partial charge in [0, 0.05) is 23.0 Å². The summed E-state index contributed by atoms with van der Waals surface area (Å²) in [6, 6.07) is 2.58. The Hall–Kier alpha value is -0.760. The quantitative estimate of drug-likeness (QED) is 0.575. The van der Waals surface area contributed by atoms with Crippen LogP contribution in [-0.4, -0.2) is 16.2 Å². The number of aryl methyl sites for hydroxylation is 1. The third-order valence-electron chi connectivity index (χ3n) is 4.35. The maximum atomic E-state index is 11.9. The van der Waals surface area contributed by atoms with E-state index < -0.39 is 0 Å². The molecule has 0 atom stereocenters. The summed E-state index contributed by atoms with van der Waals surface area (Å²) in [5, 5.41) is 0. The molecule has 1 saturated carbocycles. The Bertz CT molecular complexity index is 442. The predicted octanol–water partition coefficient (Wildman–Crippen LogP) is 4.81. The van der Waals surface area contributed by atoms with Crippen molar-refractivity contribution in [2.24, 2.45) is 0 Å². The molecule has 0 spiro atoms. The minimum Gasteiger partial charge on any atom is -0.345 e. The molecule has 2 rings (SSSR count). The number of halogens is 1. The molecule has 19 heavy (non-hydrogen) atoms. The molecule has 1 fully saturated rings. The first-order chi connectivity index (χ1) is 9.15. The predicted molar refractivity (Wildman–Crippen MR) is 80.3 cm³/mol. The molecule has 0 aliphatic heterocycles. The normalized spacial score (nSPS) is 18.1. The van der Waals surface area contributed by atoms with E-state index >= 15 is 0 Å². The van der Waals surface area contributed by atoms with Crippen molar-refractivity contribution in [3.63, 3.8) is 0 Å². The van der Waals surface area contributed by atoms with E-state index in [9.17, 15) is 4.79 Å². The molecule has 3 heteroatoms. The molecule has 0 unspecified atom stereocenters. The first-order valence-corrected chi connectivity index (χ1v) is 7.96. The molecule has 2 nitrogen and oxygen atoms in total. The topological polar surface area (TPSA) is 22.0 Å². The van der Waals surface area contributed by atoms with E-state index in [0.717, 1.165) is 11.3 Å². The molecule has 1 aliphatic rings. The Labute approximate surface area is 121 Å². The molecule has 1 aromatic heterocycles. The van der Waals surface area contributed by atoms with Crippen molar-refractivity contribution >= 4 is 17.4 Å². The Morgan fingerprint density at radius 1 is 1.21 bits per heavy atom. The van der Waals surface area contributed by atoms with Crippen LogP contribution in [0.5, 0.6) is 0 Å². The zero-order chi connectivity index (χ0) is 13.8. The van der Waals surface area contributed by atoms with E-state index in [2.05, 4.69) is 18.4 Å². The minimum atomic E-state index is 0.0480. The van der Waals surface area contributed by atoms with Crippen LogP contribution in [0.15, 0.2) is 6.07 Å². The van der Waals surface area contributed by atoms with Gasteiger partial charge in [0.1, 0.15) is 0 Å². The second kappa shape index (κ2) is 6.60. The van der Waals surface area contributed by atoms with Gasteiger partial charge in [0.2, 0.25) is 0 Å². The Morgan fingerprint density at radius 3 is 2.37 bits per heavy atom. The SMILES string of the molecule is Cc1cc(C(=O)CCl)c(C)n1C1CCCCCCC1. The van der Waals surface area contributed by atoms with Crippen molar-refractivity contribution in [3.05, 3.63) is 23.0 Å². The Morgan fingerprint density at radius 2 is 1.79 bits per heavy atom. The molecular weight excluding hydrogens is 258 g/mol. The summed E-state index contributed by atoms with van der Waals surface area (Å²) < 4.78 is 2.38. The molecule has 0 amide bonds. The highest BCUT2D eigenvalue weighted by Gasteiger charge is 2.21. The van der Waals surface area contributed by atoms with Gasteiger partial charge in [-0.1, -0.05) is 32.1 Å². The van der Waals surface area contributed by atoms with Gasteiger partial charge in [-0.05, 0) is 32.8 Å². The van der Waals surface area contributed by atoms with Crippen molar-refractivity contribution in [2.45, 2.75) is 64.8 Å². The summed E-state index contributed by atoms with van der Waals surface area (Å²) in [6.07, 6.45) is 9.18. The van der Waals surface area contributed by atoms with E-state index in [1.165, 1.54) is 50.6 Å². The molecule has 0 radical (unpaired) electrons. The monoisotopic (exact) mass is 281 g/mol. The van der Waals surface area contributed by atoms with Crippen molar-refractivity contribution in [1.29, 1.82) is 0 Å². The fourth-order valence-corrected chi connectivity index (χ4v) is 3.53. The number of carbonyl (C=O) groups excluding carboxylic acids is 1. The number of hydrogen-bond acceptors (Lipinski definition) is 1. The molecule has 0 aromatic carbocycles. The second-order valence-electron chi connectivity index (χ2n) is 5.71. The smallest absolute Gasteiger partial charge is 0.179 e. The number of ketones is 1. The van der Waals surface area contributed by atoms with Crippen LogP contribution < -0.4 is 0 Å². The van der Waals surface area contributed by atoms with E-state index in [0.29, 0.717) is 6.04 Å². The molecule has 0 saturated heterocycles. The lowest BCUT2D eigenvalue weighted by Gasteiger charge is -2.24. The van der Waals surface area contributed by atoms with Gasteiger partial charge in [0.05, 0.1) is 5.88 Å². The summed E-state index contributed by atoms with van der Waals surface area (Å²) in [7, 11) is 0. The zero-order valence-electron chi connectivity index (χ0n) is 12.0. The number of alkyl halides is 1. The highest BCUT2D eigenvalue weighted by atomic mass is 35.5. The first-order valence-electron chi connectivity index (χ1n) is 7.42. The van der Waals surface area contributed by atoms with E-state index in [1.807, 2.05) is 6.07 Å². The first kappa shape index (κ1) is 14.6. The van der Waals surface area contributed by atoms with E-state index in [1.54, 1.807) is 0 Å². The molecule has 106 valence electrons. The Balaban J connectivity index is 2.27. The summed E-state index contributed by atoms with van der Waals surface area (Å²) in [6.45, 7) is 4.17. The van der Waals surface area contributed by atoms with Crippen molar-refractivity contribution < 1.29 is 4.79 Å². The van der Waals surface area contributed by atoms with Crippen LogP contribution in [0.3, 0.4) is 0 Å². The highest BCUT2D eigenvalue weighted by molar-refractivity contribution is 6.30. The van der Waals surface area contributed by atoms with Gasteiger partial charge in [0.25, 0.3) is 0 Å². The number of nitrogens with zero attached hydrogens (tertiary/aromatic N) is 1. The lowest BCUT2D eigenvalue weighted by Crippen LogP contribution is -2.14. The summed E-state index contributed by atoms with van der Waals surface area (Å²) in [5.74, 6) is 0.126. The van der Waals surface area contributed by atoms with Crippen LogP contribution in [0.4, 0.5) is 0 Å². The van der Waals surface area contributed by atoms with Crippen LogP contribution >= 0.6 is 11.6 Å². The molecule has 1 aliphatic carbocycles. The molecular formula is C16H24ClNO. The number of aromatic nitrogens is 1. The van der Waals surface area contributed by atoms with Crippen LogP contribution in [0.25, 0.3) is 0 Å². The minimum absolute atomic E-state index is 0.0480. The lowest BCUT2D eigenvalue weighted by atomic mass is 9.96. The average molecular weight is 282 g/mol. The van der Waals surface area contributed by atoms with Crippen LogP contribution in [-0.2, 0) is 0 Å². The van der Waals surface area contributed by atoms with Gasteiger partial charge in [-0.2, -0.15) is 0 Å². The van der Waals surface area contributed by atoms with Crippen molar-refractivity contribution in [1.82, 2.24) is 4.57 Å². The largest absolute Gasteiger partial charge is 0.345 e. The molecule has 1 heterocycles. The Kier molecular flexibility index (Phi) is 5.09. The summed E-state index contributed by atoms with van der Waals surface area (Å²) in [4.78, 5) is 11.9. The van der Waals surface area contributed by atoms with Crippen LogP contribution in [0, 0.1) is 13.8 Å². The third kappa shape index (κ3) is 3.22. The van der Waals surface area contributed by atoms with Gasteiger partial charge < -0.3 is 4.57 Å². The number of carbonyl (C=O) groups is 1. The van der Waals surface area contributed by atoms with E-state index in [-0.39, 0.29) is 11.7 Å². The maximum absolute atomic E-state index is 11.9. The third-order valence-corrected chi connectivity index (χ3v) is 4.59. The number of rotatable bonds is 3. The fraction of sp³-hybridized carbons (Fsp3) is 0.688.